The molecule has 1 aliphatic heterocycles. The summed E-state index contributed by atoms with van der Waals surface area (Å²) < 4.78 is 26.5. The molecule has 0 radical (unpaired) electrons. The highest BCUT2D eigenvalue weighted by atomic mass is 35.5. The van der Waals surface area contributed by atoms with Gasteiger partial charge < -0.3 is 24.5 Å². The number of hydrogen-bond acceptors (Lipinski definition) is 4. The number of carboxylic acid groups (broad SMARTS) is 1. The molecule has 1 fully saturated rings. The van der Waals surface area contributed by atoms with Gasteiger partial charge in [0.15, 0.2) is 11.6 Å². The summed E-state index contributed by atoms with van der Waals surface area (Å²) in [5.41, 5.74) is 2.52. The first-order valence-electron chi connectivity index (χ1n) is 9.90. The van der Waals surface area contributed by atoms with Crippen molar-refractivity contribution in [3.05, 3.63) is 63.6 Å². The zero-order valence-electron chi connectivity index (χ0n) is 17.8. The van der Waals surface area contributed by atoms with E-state index in [1.54, 1.807) is 29.8 Å². The number of ether oxygens (including phenoxy) is 2. The molecule has 1 amide bonds. The number of aryl methyl sites for hydroxylation is 2. The summed E-state index contributed by atoms with van der Waals surface area (Å²) in [6, 6.07) is 8.43. The van der Waals surface area contributed by atoms with Crippen LogP contribution in [0.3, 0.4) is 0 Å². The topological polar surface area (TPSA) is 89.8 Å². The fourth-order valence-electron chi connectivity index (χ4n) is 4.18. The molecule has 168 valence electrons. The van der Waals surface area contributed by atoms with E-state index in [4.69, 9.17) is 26.2 Å². The molecule has 2 heterocycles. The fraction of sp³-hybridized carbons (Fsp3) is 0.304. The van der Waals surface area contributed by atoms with E-state index in [1.165, 1.54) is 13.2 Å². The third kappa shape index (κ3) is 3.59. The summed E-state index contributed by atoms with van der Waals surface area (Å²) >= 11 is 6.18. The standard InChI is InChI=1S/C23H22ClFN2O5/c1-12-6-13(7-19(28)29)4-5-15(12)23(10-32-11-23)26-22(30)17-8-14-16(27(17)2)9-18(31-3)21(25)20(14)24/h4-6,8-9H,7,10-11H2,1-3H3,(H,26,30)(H,28,29). The number of carbonyl (C=O) groups excluding carboxylic acids is 1. The Morgan fingerprint density at radius 3 is 2.59 bits per heavy atom. The highest BCUT2D eigenvalue weighted by Crippen LogP contribution is 2.36. The summed E-state index contributed by atoms with van der Waals surface area (Å²) in [5, 5.41) is 12.4. The minimum atomic E-state index is -0.908. The van der Waals surface area contributed by atoms with Gasteiger partial charge in [-0.2, -0.15) is 0 Å². The minimum Gasteiger partial charge on any atom is -0.494 e. The van der Waals surface area contributed by atoms with Crippen LogP contribution in [0.1, 0.15) is 27.2 Å². The van der Waals surface area contributed by atoms with E-state index in [9.17, 15) is 14.0 Å². The summed E-state index contributed by atoms with van der Waals surface area (Å²) in [6.07, 6.45) is -0.0757. The van der Waals surface area contributed by atoms with Crippen molar-refractivity contribution in [2.24, 2.45) is 7.05 Å². The largest absolute Gasteiger partial charge is 0.494 e. The van der Waals surface area contributed by atoms with Gasteiger partial charge in [0.25, 0.3) is 5.91 Å². The van der Waals surface area contributed by atoms with Crippen LogP contribution >= 0.6 is 11.6 Å². The predicted octanol–water partition coefficient (Wildman–Crippen LogP) is 3.57. The number of rotatable bonds is 6. The molecule has 0 bridgehead atoms. The van der Waals surface area contributed by atoms with Crippen LogP contribution in [0, 0.1) is 12.7 Å². The second-order valence-electron chi connectivity index (χ2n) is 7.98. The monoisotopic (exact) mass is 460 g/mol. The number of methoxy groups -OCH3 is 1. The Bertz CT molecular complexity index is 1250. The van der Waals surface area contributed by atoms with Crippen molar-refractivity contribution < 1.29 is 28.6 Å². The third-order valence-electron chi connectivity index (χ3n) is 5.86. The summed E-state index contributed by atoms with van der Waals surface area (Å²) in [5.74, 6) is -1.96. The lowest BCUT2D eigenvalue weighted by atomic mass is 9.84. The molecule has 9 heteroatoms. The van der Waals surface area contributed by atoms with Crippen LogP contribution in [-0.2, 0) is 28.5 Å². The van der Waals surface area contributed by atoms with Gasteiger partial charge in [-0.05, 0) is 29.7 Å². The van der Waals surface area contributed by atoms with Crippen LogP contribution in [0.15, 0.2) is 30.3 Å². The Morgan fingerprint density at radius 2 is 2.03 bits per heavy atom. The lowest BCUT2D eigenvalue weighted by molar-refractivity contribution is -0.136. The van der Waals surface area contributed by atoms with Crippen molar-refractivity contribution in [2.45, 2.75) is 18.9 Å². The summed E-state index contributed by atoms with van der Waals surface area (Å²) in [4.78, 5) is 24.3. The van der Waals surface area contributed by atoms with Gasteiger partial charge in [0.1, 0.15) is 11.2 Å². The van der Waals surface area contributed by atoms with Gasteiger partial charge in [-0.15, -0.1) is 0 Å². The summed E-state index contributed by atoms with van der Waals surface area (Å²) in [7, 11) is 3.04. The minimum absolute atomic E-state index is 0.00315. The van der Waals surface area contributed by atoms with Crippen molar-refractivity contribution in [1.82, 2.24) is 9.88 Å². The van der Waals surface area contributed by atoms with Crippen molar-refractivity contribution >= 4 is 34.4 Å². The maximum Gasteiger partial charge on any atom is 0.307 e. The predicted molar refractivity (Wildman–Crippen MR) is 117 cm³/mol. The Hall–Kier alpha value is -3.10. The fourth-order valence-corrected chi connectivity index (χ4v) is 4.42. The number of nitrogens with one attached hydrogen (secondary N) is 1. The van der Waals surface area contributed by atoms with Gasteiger partial charge >= 0.3 is 5.97 Å². The average molecular weight is 461 g/mol. The molecule has 3 aromatic rings. The molecule has 1 aromatic heterocycles. The Labute approximate surface area is 188 Å². The number of fused-ring (bicyclic) bond motifs is 1. The molecule has 2 N–H and O–H groups in total. The number of carbonyl (C=O) groups is 2. The zero-order valence-corrected chi connectivity index (χ0v) is 18.5. The Balaban J connectivity index is 1.68. The van der Waals surface area contributed by atoms with Gasteiger partial charge in [-0.25, -0.2) is 4.39 Å². The molecule has 7 nitrogen and oxygen atoms in total. The molecule has 0 unspecified atom stereocenters. The van der Waals surface area contributed by atoms with Gasteiger partial charge in [0.05, 0.1) is 37.3 Å². The number of amides is 1. The second-order valence-corrected chi connectivity index (χ2v) is 8.35. The SMILES string of the molecule is COc1cc2c(cc(C(=O)NC3(c4ccc(CC(=O)O)cc4C)COC3)n2C)c(Cl)c1F. The molecular weight excluding hydrogens is 439 g/mol. The first-order chi connectivity index (χ1) is 15.2. The molecule has 1 aliphatic rings. The molecule has 0 aliphatic carbocycles. The first-order valence-corrected chi connectivity index (χ1v) is 10.3. The third-order valence-corrected chi connectivity index (χ3v) is 6.23. The maximum absolute atomic E-state index is 14.4. The number of aromatic nitrogens is 1. The normalized spacial score (nSPS) is 14.8. The molecule has 4 rings (SSSR count). The molecule has 0 spiro atoms. The second kappa shape index (κ2) is 8.11. The Morgan fingerprint density at radius 1 is 1.31 bits per heavy atom. The van der Waals surface area contributed by atoms with Crippen molar-refractivity contribution in [2.75, 3.05) is 20.3 Å². The van der Waals surface area contributed by atoms with Crippen molar-refractivity contribution in [1.29, 1.82) is 0 Å². The smallest absolute Gasteiger partial charge is 0.307 e. The number of benzene rings is 2. The van der Waals surface area contributed by atoms with Crippen molar-refractivity contribution in [3.8, 4) is 5.75 Å². The highest BCUT2D eigenvalue weighted by molar-refractivity contribution is 6.36. The highest BCUT2D eigenvalue weighted by Gasteiger charge is 2.43. The van der Waals surface area contributed by atoms with Crippen LogP contribution in [0.4, 0.5) is 4.39 Å². The van der Waals surface area contributed by atoms with Crippen LogP contribution < -0.4 is 10.1 Å². The first kappa shape index (κ1) is 22.1. The molecule has 2 aromatic carbocycles. The lowest BCUT2D eigenvalue weighted by Gasteiger charge is -2.43. The van der Waals surface area contributed by atoms with Crippen LogP contribution in [0.25, 0.3) is 10.9 Å². The van der Waals surface area contributed by atoms with Gasteiger partial charge in [0, 0.05) is 18.5 Å². The van der Waals surface area contributed by atoms with Crippen LogP contribution in [0.2, 0.25) is 5.02 Å². The Kier molecular flexibility index (Phi) is 5.60. The van der Waals surface area contributed by atoms with Crippen molar-refractivity contribution in [3.63, 3.8) is 0 Å². The van der Waals surface area contributed by atoms with Crippen LogP contribution in [-0.4, -0.2) is 41.9 Å². The number of aliphatic carboxylic acids is 1. The molecule has 0 saturated carbocycles. The van der Waals surface area contributed by atoms with E-state index in [0.717, 1.165) is 11.1 Å². The lowest BCUT2D eigenvalue weighted by Crippen LogP contribution is -2.59. The van der Waals surface area contributed by atoms with Crippen LogP contribution in [0.5, 0.6) is 5.75 Å². The number of halogens is 2. The van der Waals surface area contributed by atoms with E-state index >= 15 is 0 Å². The van der Waals surface area contributed by atoms with Gasteiger partial charge in [-0.3, -0.25) is 9.59 Å². The number of nitrogens with zero attached hydrogens (tertiary/aromatic N) is 1. The van der Waals surface area contributed by atoms with Gasteiger partial charge in [0.2, 0.25) is 0 Å². The average Bonchev–Trinajstić information content (AvgIpc) is 3.04. The van der Waals surface area contributed by atoms with E-state index in [2.05, 4.69) is 5.32 Å². The van der Waals surface area contributed by atoms with E-state index in [-0.39, 0.29) is 36.3 Å². The number of carboxylic acids is 1. The van der Waals surface area contributed by atoms with E-state index in [0.29, 0.717) is 22.2 Å². The molecule has 32 heavy (non-hydrogen) atoms. The van der Waals surface area contributed by atoms with Gasteiger partial charge in [-0.1, -0.05) is 29.8 Å². The zero-order chi connectivity index (χ0) is 23.2. The molecular formula is C23H22ClFN2O5. The number of hydrogen-bond donors (Lipinski definition) is 2. The molecule has 0 atom stereocenters. The molecule has 1 saturated heterocycles. The van der Waals surface area contributed by atoms with E-state index in [1.807, 2.05) is 13.0 Å². The maximum atomic E-state index is 14.4. The van der Waals surface area contributed by atoms with E-state index < -0.39 is 17.3 Å². The summed E-state index contributed by atoms with van der Waals surface area (Å²) in [6.45, 7) is 2.44. The quantitative estimate of drug-likeness (QED) is 0.587.